The van der Waals surface area contributed by atoms with Gasteiger partial charge in [0.15, 0.2) is 16.6 Å². The maximum Gasteiger partial charge on any atom is 0.163 e. The maximum atomic E-state index is 5.46. The number of benzene rings is 1. The predicted molar refractivity (Wildman–Crippen MR) is 67.8 cm³/mol. The first-order chi connectivity index (χ1) is 7.67. The zero-order valence-electron chi connectivity index (χ0n) is 9.45. The van der Waals surface area contributed by atoms with Crippen LogP contribution in [0.4, 0.5) is 0 Å². The van der Waals surface area contributed by atoms with Crippen LogP contribution in [-0.4, -0.2) is 18.8 Å². The van der Waals surface area contributed by atoms with Crippen LogP contribution in [0.2, 0.25) is 0 Å². The lowest BCUT2D eigenvalue weighted by molar-refractivity contribution is 0.310. The summed E-state index contributed by atoms with van der Waals surface area (Å²) in [6.45, 7) is 3.11. The Morgan fingerprint density at radius 1 is 1.44 bits per heavy atom. The highest BCUT2D eigenvalue weighted by Crippen LogP contribution is 2.27. The van der Waals surface area contributed by atoms with Crippen molar-refractivity contribution in [1.29, 1.82) is 0 Å². The molecule has 0 aliphatic rings. The summed E-state index contributed by atoms with van der Waals surface area (Å²) in [5, 5.41) is 3.17. The maximum absolute atomic E-state index is 5.46. The molecule has 1 aromatic carbocycles. The van der Waals surface area contributed by atoms with Crippen LogP contribution in [0.15, 0.2) is 18.2 Å². The monoisotopic (exact) mass is 240 g/mol. The van der Waals surface area contributed by atoms with Gasteiger partial charge in [-0.05, 0) is 36.8 Å². The zero-order chi connectivity index (χ0) is 12.0. The highest BCUT2D eigenvalue weighted by Gasteiger charge is 2.04. The Morgan fingerprint density at radius 2 is 2.19 bits per heavy atom. The molecule has 1 aromatic rings. The molecule has 5 heteroatoms. The molecule has 0 amide bonds. The molecule has 88 valence electrons. The lowest BCUT2D eigenvalue weighted by Gasteiger charge is -2.11. The lowest BCUT2D eigenvalue weighted by atomic mass is 10.2. The molecular formula is C11H16N2O2S. The minimum absolute atomic E-state index is 0.286. The zero-order valence-corrected chi connectivity index (χ0v) is 10.3. The van der Waals surface area contributed by atoms with Crippen molar-refractivity contribution in [2.75, 3.05) is 13.7 Å². The first-order valence-electron chi connectivity index (χ1n) is 5.00. The van der Waals surface area contributed by atoms with E-state index < -0.39 is 0 Å². The molecule has 0 fully saturated rings. The molecule has 3 N–H and O–H groups in total. The number of rotatable bonds is 5. The van der Waals surface area contributed by atoms with Gasteiger partial charge in [-0.25, -0.2) is 0 Å². The average Bonchev–Trinajstić information content (AvgIpc) is 2.27. The Kier molecular flexibility index (Phi) is 4.85. The number of nitrogens with two attached hydrogens (primary N) is 1. The van der Waals surface area contributed by atoms with Crippen LogP contribution in [-0.2, 0) is 6.54 Å². The van der Waals surface area contributed by atoms with Gasteiger partial charge in [0, 0.05) is 6.54 Å². The topological polar surface area (TPSA) is 56.5 Å². The van der Waals surface area contributed by atoms with Crippen LogP contribution >= 0.6 is 12.2 Å². The molecule has 0 heterocycles. The quantitative estimate of drug-likeness (QED) is 0.762. The van der Waals surface area contributed by atoms with Crippen LogP contribution in [0.1, 0.15) is 12.5 Å². The van der Waals surface area contributed by atoms with Crippen molar-refractivity contribution >= 4 is 17.3 Å². The van der Waals surface area contributed by atoms with E-state index in [-0.39, 0.29) is 5.11 Å². The Morgan fingerprint density at radius 3 is 2.75 bits per heavy atom. The van der Waals surface area contributed by atoms with Crippen LogP contribution in [0.3, 0.4) is 0 Å². The van der Waals surface area contributed by atoms with Gasteiger partial charge in [-0.2, -0.15) is 0 Å². The van der Waals surface area contributed by atoms with Gasteiger partial charge in [-0.3, -0.25) is 0 Å². The van der Waals surface area contributed by atoms with Crippen LogP contribution in [0.25, 0.3) is 0 Å². The second-order valence-corrected chi connectivity index (χ2v) is 3.58. The molecule has 0 saturated heterocycles. The molecule has 0 atom stereocenters. The molecular weight excluding hydrogens is 224 g/mol. The summed E-state index contributed by atoms with van der Waals surface area (Å²) < 4.78 is 10.6. The second-order valence-electron chi connectivity index (χ2n) is 3.14. The third kappa shape index (κ3) is 3.58. The van der Waals surface area contributed by atoms with Crippen molar-refractivity contribution < 1.29 is 9.47 Å². The fourth-order valence-corrected chi connectivity index (χ4v) is 1.36. The predicted octanol–water partition coefficient (Wildman–Crippen LogP) is 1.43. The highest BCUT2D eigenvalue weighted by molar-refractivity contribution is 7.80. The van der Waals surface area contributed by atoms with Crippen LogP contribution < -0.4 is 20.5 Å². The van der Waals surface area contributed by atoms with E-state index in [2.05, 4.69) is 5.32 Å². The van der Waals surface area contributed by atoms with Crippen LogP contribution in [0.5, 0.6) is 11.5 Å². The summed E-state index contributed by atoms with van der Waals surface area (Å²) in [5.74, 6) is 1.45. The molecule has 0 radical (unpaired) electrons. The van der Waals surface area contributed by atoms with Crippen molar-refractivity contribution in [3.63, 3.8) is 0 Å². The van der Waals surface area contributed by atoms with Gasteiger partial charge < -0.3 is 20.5 Å². The third-order valence-electron chi connectivity index (χ3n) is 1.99. The number of hydrogen-bond acceptors (Lipinski definition) is 3. The largest absolute Gasteiger partial charge is 0.493 e. The minimum atomic E-state index is 0.286. The number of ether oxygens (including phenoxy) is 2. The fraction of sp³-hybridized carbons (Fsp3) is 0.364. The van der Waals surface area contributed by atoms with E-state index in [1.807, 2.05) is 25.1 Å². The Bertz CT molecular complexity index is 369. The van der Waals surface area contributed by atoms with Gasteiger partial charge in [-0.15, -0.1) is 0 Å². The molecule has 16 heavy (non-hydrogen) atoms. The van der Waals surface area contributed by atoms with Gasteiger partial charge in [-0.1, -0.05) is 6.07 Å². The van der Waals surface area contributed by atoms with E-state index in [0.717, 1.165) is 17.1 Å². The first-order valence-corrected chi connectivity index (χ1v) is 5.41. The molecule has 0 spiro atoms. The van der Waals surface area contributed by atoms with Crippen molar-refractivity contribution in [3.8, 4) is 11.5 Å². The SMILES string of the molecule is CCOc1cc(CNC(N)=S)ccc1OC. The van der Waals surface area contributed by atoms with E-state index in [9.17, 15) is 0 Å². The van der Waals surface area contributed by atoms with Crippen molar-refractivity contribution in [3.05, 3.63) is 23.8 Å². The molecule has 0 aliphatic heterocycles. The summed E-state index contributed by atoms with van der Waals surface area (Å²) in [5.41, 5.74) is 6.40. The average molecular weight is 240 g/mol. The van der Waals surface area contributed by atoms with Gasteiger partial charge in [0.05, 0.1) is 13.7 Å². The van der Waals surface area contributed by atoms with Crippen molar-refractivity contribution in [1.82, 2.24) is 5.32 Å². The summed E-state index contributed by atoms with van der Waals surface area (Å²) in [7, 11) is 1.62. The number of methoxy groups -OCH3 is 1. The van der Waals surface area contributed by atoms with Crippen molar-refractivity contribution in [2.24, 2.45) is 5.73 Å². The normalized spacial score (nSPS) is 9.62. The molecule has 1 rings (SSSR count). The smallest absolute Gasteiger partial charge is 0.163 e. The van der Waals surface area contributed by atoms with E-state index >= 15 is 0 Å². The van der Waals surface area contributed by atoms with E-state index in [4.69, 9.17) is 27.4 Å². The lowest BCUT2D eigenvalue weighted by Crippen LogP contribution is -2.28. The Labute approximate surface area is 101 Å². The standard InChI is InChI=1S/C11H16N2O2S/c1-3-15-10-6-8(7-13-11(12)16)4-5-9(10)14-2/h4-6H,3,7H2,1-2H3,(H3,12,13,16). The fourth-order valence-electron chi connectivity index (χ4n) is 1.29. The Hall–Kier alpha value is -1.49. The number of hydrogen-bond donors (Lipinski definition) is 2. The second kappa shape index (κ2) is 6.17. The molecule has 0 saturated carbocycles. The van der Waals surface area contributed by atoms with Gasteiger partial charge >= 0.3 is 0 Å². The molecule has 0 bridgehead atoms. The Balaban J connectivity index is 2.79. The summed E-state index contributed by atoms with van der Waals surface area (Å²) in [6.07, 6.45) is 0. The first kappa shape index (κ1) is 12.6. The van der Waals surface area contributed by atoms with Gasteiger partial charge in [0.2, 0.25) is 0 Å². The van der Waals surface area contributed by atoms with Gasteiger partial charge in [0.25, 0.3) is 0 Å². The van der Waals surface area contributed by atoms with Crippen LogP contribution in [0, 0.1) is 0 Å². The molecule has 0 unspecified atom stereocenters. The summed E-state index contributed by atoms with van der Waals surface area (Å²) in [6, 6.07) is 5.71. The highest BCUT2D eigenvalue weighted by atomic mass is 32.1. The van der Waals surface area contributed by atoms with E-state index in [1.165, 1.54) is 0 Å². The minimum Gasteiger partial charge on any atom is -0.493 e. The van der Waals surface area contributed by atoms with Gasteiger partial charge in [0.1, 0.15) is 0 Å². The number of nitrogens with one attached hydrogen (secondary N) is 1. The van der Waals surface area contributed by atoms with Crippen molar-refractivity contribution in [2.45, 2.75) is 13.5 Å². The van der Waals surface area contributed by atoms with E-state index in [1.54, 1.807) is 7.11 Å². The molecule has 4 nitrogen and oxygen atoms in total. The molecule has 0 aliphatic carbocycles. The molecule has 0 aromatic heterocycles. The summed E-state index contributed by atoms with van der Waals surface area (Å²) >= 11 is 4.74. The third-order valence-corrected chi connectivity index (χ3v) is 2.14. The number of thiocarbonyl (C=S) groups is 1. The summed E-state index contributed by atoms with van der Waals surface area (Å²) in [4.78, 5) is 0. The van der Waals surface area contributed by atoms with E-state index in [0.29, 0.717) is 13.2 Å².